The molecule has 0 N–H and O–H groups in total. The molecule has 18 heavy (non-hydrogen) atoms. The minimum Gasteiger partial charge on any atom is -0.179 e. The molecule has 0 aliphatic carbocycles. The van der Waals surface area contributed by atoms with E-state index in [-0.39, 0.29) is 0 Å². The maximum Gasteiger partial charge on any atom is 0.297 e. The van der Waals surface area contributed by atoms with Crippen LogP contribution < -0.4 is 4.57 Å². The molecule has 0 amide bonds. The molecule has 0 saturated heterocycles. The average Bonchev–Trinajstić information content (AvgIpc) is 2.76. The Balaban J connectivity index is 2.17. The van der Waals surface area contributed by atoms with Crippen LogP contribution in [0.4, 0.5) is 0 Å². The summed E-state index contributed by atoms with van der Waals surface area (Å²) in [4.78, 5) is 0. The van der Waals surface area contributed by atoms with E-state index >= 15 is 0 Å². The maximum absolute atomic E-state index is 2.29. The zero-order valence-electron chi connectivity index (χ0n) is 10.4. The number of nitrogens with zero attached hydrogens (tertiary/aromatic N) is 1. The minimum absolute atomic E-state index is 1.28. The second-order valence-corrected chi connectivity index (χ2v) is 6.26. The quantitative estimate of drug-likeness (QED) is 0.501. The molecule has 3 aromatic rings. The molecule has 0 saturated carbocycles. The number of benzene rings is 2. The Morgan fingerprint density at radius 3 is 2.50 bits per heavy atom. The summed E-state index contributed by atoms with van der Waals surface area (Å²) in [7, 11) is 2.13. The van der Waals surface area contributed by atoms with Gasteiger partial charge < -0.3 is 0 Å². The average molecular weight is 272 g/mol. The summed E-state index contributed by atoms with van der Waals surface area (Å²) in [5.74, 6) is 0. The predicted molar refractivity (Wildman–Crippen MR) is 80.2 cm³/mol. The van der Waals surface area contributed by atoms with Crippen LogP contribution in [0.15, 0.2) is 52.9 Å². The first-order chi connectivity index (χ1) is 8.79. The van der Waals surface area contributed by atoms with Crippen LogP contribution in [-0.4, -0.2) is 6.26 Å². The van der Waals surface area contributed by atoms with Crippen LogP contribution in [0.5, 0.6) is 0 Å². The number of thioether (sulfide) groups is 1. The molecule has 2 aromatic carbocycles. The fourth-order valence-electron chi connectivity index (χ4n) is 2.12. The molecule has 3 heteroatoms. The van der Waals surface area contributed by atoms with E-state index in [0.717, 1.165) is 0 Å². The molecule has 3 rings (SSSR count). The highest BCUT2D eigenvalue weighted by atomic mass is 32.2. The zero-order valence-corrected chi connectivity index (χ0v) is 12.0. The molecule has 0 aliphatic heterocycles. The van der Waals surface area contributed by atoms with Crippen molar-refractivity contribution in [2.24, 2.45) is 7.05 Å². The Morgan fingerprint density at radius 1 is 1.00 bits per heavy atom. The van der Waals surface area contributed by atoms with Gasteiger partial charge in [0.1, 0.15) is 11.7 Å². The number of fused-ring (bicyclic) bond motifs is 1. The maximum atomic E-state index is 2.29. The summed E-state index contributed by atoms with van der Waals surface area (Å²) in [5, 5.41) is 0. The third-order valence-electron chi connectivity index (χ3n) is 3.07. The van der Waals surface area contributed by atoms with Crippen LogP contribution in [0.1, 0.15) is 0 Å². The summed E-state index contributed by atoms with van der Waals surface area (Å²) in [6.45, 7) is 0. The van der Waals surface area contributed by atoms with E-state index in [4.69, 9.17) is 0 Å². The largest absolute Gasteiger partial charge is 0.297 e. The smallest absolute Gasteiger partial charge is 0.179 e. The molecule has 0 spiro atoms. The highest BCUT2D eigenvalue weighted by Crippen LogP contribution is 2.30. The van der Waals surface area contributed by atoms with Crippen LogP contribution in [-0.2, 0) is 7.05 Å². The Hall–Kier alpha value is -1.32. The molecule has 90 valence electrons. The highest BCUT2D eigenvalue weighted by molar-refractivity contribution is 8.00. The first kappa shape index (κ1) is 11.8. The second kappa shape index (κ2) is 4.75. The van der Waals surface area contributed by atoms with Crippen LogP contribution in [0.2, 0.25) is 0 Å². The van der Waals surface area contributed by atoms with E-state index in [2.05, 4.69) is 66.4 Å². The van der Waals surface area contributed by atoms with Crippen molar-refractivity contribution in [3.05, 3.63) is 48.5 Å². The van der Waals surface area contributed by atoms with Gasteiger partial charge in [0.15, 0.2) is 0 Å². The van der Waals surface area contributed by atoms with E-state index in [0.29, 0.717) is 0 Å². The summed E-state index contributed by atoms with van der Waals surface area (Å²) >= 11 is 3.66. The van der Waals surface area contributed by atoms with Gasteiger partial charge in [-0.1, -0.05) is 41.7 Å². The van der Waals surface area contributed by atoms with Gasteiger partial charge in [-0.3, -0.25) is 0 Å². The molecule has 0 aliphatic rings. The van der Waals surface area contributed by atoms with E-state index in [1.807, 2.05) is 11.3 Å². The first-order valence-electron chi connectivity index (χ1n) is 5.81. The molecule has 0 atom stereocenters. The van der Waals surface area contributed by atoms with Crippen LogP contribution in [0.25, 0.3) is 21.3 Å². The highest BCUT2D eigenvalue weighted by Gasteiger charge is 2.16. The summed E-state index contributed by atoms with van der Waals surface area (Å²) in [5.41, 5.74) is 3.88. The molecule has 0 fully saturated rings. The number of hydrogen-bond acceptors (Lipinski definition) is 2. The van der Waals surface area contributed by atoms with Gasteiger partial charge in [0, 0.05) is 6.07 Å². The molecule has 0 unspecified atom stereocenters. The van der Waals surface area contributed by atoms with Crippen LogP contribution in [0.3, 0.4) is 0 Å². The van der Waals surface area contributed by atoms with Gasteiger partial charge in [0.05, 0.1) is 0 Å². The number of aryl methyl sites for hydroxylation is 1. The topological polar surface area (TPSA) is 3.88 Å². The fourth-order valence-corrected chi connectivity index (χ4v) is 4.02. The molecule has 0 radical (unpaired) electrons. The van der Waals surface area contributed by atoms with E-state index < -0.39 is 0 Å². The van der Waals surface area contributed by atoms with Crippen molar-refractivity contribution in [2.45, 2.75) is 4.34 Å². The van der Waals surface area contributed by atoms with Gasteiger partial charge in [-0.2, -0.15) is 4.57 Å². The summed E-state index contributed by atoms with van der Waals surface area (Å²) < 4.78 is 4.96. The number of thiazole rings is 1. The van der Waals surface area contributed by atoms with Crippen molar-refractivity contribution < 1.29 is 4.57 Å². The fraction of sp³-hybridized carbons (Fsp3) is 0.133. The molecular weight excluding hydrogens is 258 g/mol. The van der Waals surface area contributed by atoms with Crippen molar-refractivity contribution in [3.8, 4) is 11.1 Å². The lowest BCUT2D eigenvalue weighted by Crippen LogP contribution is -2.27. The Kier molecular flexibility index (Phi) is 3.10. The Bertz CT molecular complexity index is 686. The third kappa shape index (κ3) is 1.93. The number of rotatable bonds is 2. The van der Waals surface area contributed by atoms with Gasteiger partial charge in [-0.05, 0) is 41.3 Å². The van der Waals surface area contributed by atoms with Crippen LogP contribution in [0, 0.1) is 0 Å². The normalized spacial score (nSPS) is 11.0. The predicted octanol–water partition coefficient (Wildman–Crippen LogP) is 4.11. The van der Waals surface area contributed by atoms with E-state index in [9.17, 15) is 0 Å². The monoisotopic (exact) mass is 272 g/mol. The summed E-state index contributed by atoms with van der Waals surface area (Å²) in [6.07, 6.45) is 2.13. The molecule has 1 nitrogen and oxygen atoms in total. The minimum atomic E-state index is 1.28. The Morgan fingerprint density at radius 2 is 1.78 bits per heavy atom. The molecule has 1 aromatic heterocycles. The second-order valence-electron chi connectivity index (χ2n) is 4.18. The zero-order chi connectivity index (χ0) is 12.5. The number of aromatic nitrogens is 1. The van der Waals surface area contributed by atoms with Crippen molar-refractivity contribution in [1.82, 2.24) is 0 Å². The molecule has 1 heterocycles. The lowest BCUT2D eigenvalue weighted by atomic mass is 10.1. The third-order valence-corrected chi connectivity index (χ3v) is 5.44. The first-order valence-corrected chi connectivity index (χ1v) is 7.86. The van der Waals surface area contributed by atoms with E-state index in [1.54, 1.807) is 11.8 Å². The van der Waals surface area contributed by atoms with Gasteiger partial charge in [0.25, 0.3) is 4.34 Å². The Labute approximate surface area is 115 Å². The summed E-state index contributed by atoms with van der Waals surface area (Å²) in [6, 6.07) is 17.2. The van der Waals surface area contributed by atoms with Crippen molar-refractivity contribution in [3.63, 3.8) is 0 Å². The lowest BCUT2D eigenvalue weighted by molar-refractivity contribution is -0.676. The molecular formula is C15H14NS2+. The molecule has 0 bridgehead atoms. The number of hydrogen-bond donors (Lipinski definition) is 0. The van der Waals surface area contributed by atoms with Gasteiger partial charge in [-0.25, -0.2) is 0 Å². The van der Waals surface area contributed by atoms with Gasteiger partial charge in [0.2, 0.25) is 5.52 Å². The van der Waals surface area contributed by atoms with Crippen molar-refractivity contribution in [2.75, 3.05) is 6.26 Å². The van der Waals surface area contributed by atoms with Crippen molar-refractivity contribution >= 4 is 33.3 Å². The van der Waals surface area contributed by atoms with Crippen molar-refractivity contribution in [1.29, 1.82) is 0 Å². The van der Waals surface area contributed by atoms with E-state index in [1.165, 1.54) is 25.7 Å². The van der Waals surface area contributed by atoms with Gasteiger partial charge >= 0.3 is 0 Å². The van der Waals surface area contributed by atoms with Crippen LogP contribution >= 0.6 is 23.1 Å². The lowest BCUT2D eigenvalue weighted by Gasteiger charge is -1.99. The SMILES string of the molecule is CSc1sc2cc(-c3ccccc3)ccc2[n+]1C. The standard InChI is InChI=1S/C15H14NS2/c1-16-13-9-8-12(11-6-4-3-5-7-11)10-14(13)18-15(16)17-2/h3-10H,1-2H3/q+1. The van der Waals surface area contributed by atoms with Gasteiger partial charge in [-0.15, -0.1) is 0 Å².